The van der Waals surface area contributed by atoms with Crippen LogP contribution in [0.15, 0.2) is 0 Å². The van der Waals surface area contributed by atoms with Crippen molar-refractivity contribution in [1.82, 2.24) is 5.32 Å². The predicted molar refractivity (Wildman–Crippen MR) is 67.2 cm³/mol. The van der Waals surface area contributed by atoms with Crippen molar-refractivity contribution in [3.8, 4) is 0 Å². The molecule has 0 rings (SSSR count). The molecule has 0 aromatic rings. The molecule has 0 aliphatic rings. The second-order valence-corrected chi connectivity index (χ2v) is 5.63. The first kappa shape index (κ1) is 15.6. The highest BCUT2D eigenvalue weighted by atomic mass is 33.1. The fraction of sp³-hybridized carbons (Fsp3) is 0.750. The molecule has 6 nitrogen and oxygen atoms in total. The third kappa shape index (κ3) is 8.84. The molecule has 0 aliphatic heterocycles. The molecular weight excluding hydrogens is 250 g/mol. The van der Waals surface area contributed by atoms with E-state index in [0.29, 0.717) is 13.1 Å². The second-order valence-electron chi connectivity index (χ2n) is 2.93. The summed E-state index contributed by atoms with van der Waals surface area (Å²) in [6, 6.07) is -0.973. The van der Waals surface area contributed by atoms with Gasteiger partial charge in [0.25, 0.3) is 0 Å². The molecule has 0 heterocycles. The third-order valence-corrected chi connectivity index (χ3v) is 3.94. The Morgan fingerprint density at radius 2 is 1.94 bits per heavy atom. The zero-order valence-corrected chi connectivity index (χ0v) is 10.5. The van der Waals surface area contributed by atoms with Crippen molar-refractivity contribution < 1.29 is 14.7 Å². The highest BCUT2D eigenvalue weighted by Gasteiger charge is 2.15. The number of carboxylic acid groups (broad SMARTS) is 1. The van der Waals surface area contributed by atoms with Gasteiger partial charge in [-0.25, -0.2) is 0 Å². The number of carbonyl (C=O) groups is 2. The van der Waals surface area contributed by atoms with E-state index in [1.54, 1.807) is 21.6 Å². The summed E-state index contributed by atoms with van der Waals surface area (Å²) in [6.45, 7) is 1.11. The van der Waals surface area contributed by atoms with Gasteiger partial charge in [0.05, 0.1) is 12.5 Å². The topological polar surface area (TPSA) is 118 Å². The van der Waals surface area contributed by atoms with Crippen molar-refractivity contribution in [2.24, 2.45) is 11.5 Å². The van der Waals surface area contributed by atoms with Crippen molar-refractivity contribution in [2.75, 3.05) is 24.6 Å². The minimum absolute atomic E-state index is 0.346. The van der Waals surface area contributed by atoms with E-state index in [-0.39, 0.29) is 6.42 Å². The first-order chi connectivity index (χ1) is 7.57. The maximum Gasteiger partial charge on any atom is 0.305 e. The van der Waals surface area contributed by atoms with Crippen molar-refractivity contribution in [3.63, 3.8) is 0 Å². The van der Waals surface area contributed by atoms with Gasteiger partial charge in [-0.2, -0.15) is 0 Å². The van der Waals surface area contributed by atoms with Gasteiger partial charge in [-0.15, -0.1) is 0 Å². The zero-order valence-electron chi connectivity index (χ0n) is 8.85. The Morgan fingerprint density at radius 3 is 2.50 bits per heavy atom. The van der Waals surface area contributed by atoms with Crippen LogP contribution in [0.25, 0.3) is 0 Å². The summed E-state index contributed by atoms with van der Waals surface area (Å²) < 4.78 is 0. The van der Waals surface area contributed by atoms with Gasteiger partial charge >= 0.3 is 5.97 Å². The highest BCUT2D eigenvalue weighted by Crippen LogP contribution is 2.18. The molecule has 0 bridgehead atoms. The molecule has 1 amide bonds. The second kappa shape index (κ2) is 9.76. The lowest BCUT2D eigenvalue weighted by atomic mass is 10.2. The van der Waals surface area contributed by atoms with Crippen LogP contribution in [-0.4, -0.2) is 47.6 Å². The molecule has 8 heteroatoms. The van der Waals surface area contributed by atoms with E-state index < -0.39 is 17.9 Å². The minimum atomic E-state index is -1.07. The van der Waals surface area contributed by atoms with Crippen LogP contribution in [0.1, 0.15) is 6.42 Å². The molecule has 6 N–H and O–H groups in total. The average Bonchev–Trinajstić information content (AvgIpc) is 2.21. The van der Waals surface area contributed by atoms with E-state index in [4.69, 9.17) is 16.6 Å². The van der Waals surface area contributed by atoms with E-state index in [1.807, 2.05) is 0 Å². The number of hydrogen-bond donors (Lipinski definition) is 4. The largest absolute Gasteiger partial charge is 0.481 e. The van der Waals surface area contributed by atoms with Crippen molar-refractivity contribution >= 4 is 33.5 Å². The lowest BCUT2D eigenvalue weighted by molar-refractivity contribution is -0.139. The van der Waals surface area contributed by atoms with Crippen LogP contribution < -0.4 is 16.8 Å². The monoisotopic (exact) mass is 267 g/mol. The normalized spacial score (nSPS) is 12.1. The van der Waals surface area contributed by atoms with Gasteiger partial charge in [0, 0.05) is 24.6 Å². The summed E-state index contributed by atoms with van der Waals surface area (Å²) in [6.07, 6.45) is -0.346. The summed E-state index contributed by atoms with van der Waals surface area (Å²) in [7, 11) is 3.25. The molecule has 16 heavy (non-hydrogen) atoms. The van der Waals surface area contributed by atoms with Crippen molar-refractivity contribution in [1.29, 1.82) is 0 Å². The van der Waals surface area contributed by atoms with E-state index in [1.165, 1.54) is 0 Å². The van der Waals surface area contributed by atoms with Crippen molar-refractivity contribution in [2.45, 2.75) is 12.5 Å². The Kier molecular flexibility index (Phi) is 9.49. The quantitative estimate of drug-likeness (QED) is 0.320. The van der Waals surface area contributed by atoms with Gasteiger partial charge in [-0.3, -0.25) is 9.59 Å². The van der Waals surface area contributed by atoms with Crippen LogP contribution in [0.5, 0.6) is 0 Å². The number of nitrogens with two attached hydrogens (primary N) is 2. The third-order valence-electron chi connectivity index (χ3n) is 1.50. The van der Waals surface area contributed by atoms with Crippen LogP contribution in [0.4, 0.5) is 0 Å². The zero-order chi connectivity index (χ0) is 12.4. The molecule has 0 aromatic heterocycles. The fourth-order valence-corrected chi connectivity index (χ4v) is 2.56. The number of carbonyl (C=O) groups excluding carboxylic acids is 1. The molecule has 0 unspecified atom stereocenters. The number of hydrogen-bond acceptors (Lipinski definition) is 6. The first-order valence-electron chi connectivity index (χ1n) is 4.77. The van der Waals surface area contributed by atoms with Crippen molar-refractivity contribution in [3.05, 3.63) is 0 Å². The summed E-state index contributed by atoms with van der Waals surface area (Å²) in [4.78, 5) is 21.5. The Morgan fingerprint density at radius 1 is 1.31 bits per heavy atom. The molecule has 0 saturated carbocycles. The highest BCUT2D eigenvalue weighted by molar-refractivity contribution is 8.76. The van der Waals surface area contributed by atoms with Crippen LogP contribution >= 0.6 is 21.6 Å². The molecule has 0 fully saturated rings. The van der Waals surface area contributed by atoms with Gasteiger partial charge in [0.2, 0.25) is 5.91 Å². The standard InChI is InChI=1S/C8H17N3O3S2/c9-1-3-15-16-4-2-11-8(14)6(10)5-7(12)13/h6H,1-5,9-10H2,(H,11,14)(H,12,13)/t6-/m0/s1. The Hall–Kier alpha value is -0.440. The molecule has 94 valence electrons. The van der Waals surface area contributed by atoms with E-state index >= 15 is 0 Å². The molecule has 1 atom stereocenters. The van der Waals surface area contributed by atoms with Crippen LogP contribution in [0.2, 0.25) is 0 Å². The lowest BCUT2D eigenvalue weighted by Gasteiger charge is -2.09. The minimum Gasteiger partial charge on any atom is -0.481 e. The fourth-order valence-electron chi connectivity index (χ4n) is 0.794. The first-order valence-corrected chi connectivity index (χ1v) is 7.26. The Balaban J connectivity index is 3.46. The van der Waals surface area contributed by atoms with Gasteiger partial charge in [0.15, 0.2) is 0 Å². The molecule has 0 saturated heterocycles. The molecule has 0 aliphatic carbocycles. The molecule has 0 radical (unpaired) electrons. The van der Waals surface area contributed by atoms with Crippen LogP contribution in [0.3, 0.4) is 0 Å². The summed E-state index contributed by atoms with van der Waals surface area (Å²) in [5.74, 6) is 0.121. The number of aliphatic carboxylic acids is 1. The molecule has 0 aromatic carbocycles. The van der Waals surface area contributed by atoms with Gasteiger partial charge in [-0.1, -0.05) is 21.6 Å². The van der Waals surface area contributed by atoms with Crippen LogP contribution in [-0.2, 0) is 9.59 Å². The maximum atomic E-state index is 11.2. The number of carboxylic acids is 1. The number of rotatable bonds is 9. The predicted octanol–water partition coefficient (Wildman–Crippen LogP) is -0.755. The average molecular weight is 267 g/mol. The Labute approximate surface area is 102 Å². The van der Waals surface area contributed by atoms with Gasteiger partial charge in [-0.05, 0) is 0 Å². The molecule has 0 spiro atoms. The van der Waals surface area contributed by atoms with E-state index in [9.17, 15) is 9.59 Å². The Bertz CT molecular complexity index is 229. The maximum absolute atomic E-state index is 11.2. The van der Waals surface area contributed by atoms with Gasteiger partial charge in [0.1, 0.15) is 0 Å². The molecular formula is C8H17N3O3S2. The summed E-state index contributed by atoms with van der Waals surface area (Å²) in [5.41, 5.74) is 10.7. The summed E-state index contributed by atoms with van der Waals surface area (Å²) in [5, 5.41) is 11.0. The van der Waals surface area contributed by atoms with E-state index in [2.05, 4.69) is 5.32 Å². The number of nitrogens with one attached hydrogen (secondary N) is 1. The van der Waals surface area contributed by atoms with E-state index in [0.717, 1.165) is 11.5 Å². The smallest absolute Gasteiger partial charge is 0.305 e. The van der Waals surface area contributed by atoms with Gasteiger partial charge < -0.3 is 21.9 Å². The SMILES string of the molecule is NCCSSCCNC(=O)[C@@H](N)CC(=O)O. The summed E-state index contributed by atoms with van der Waals surface area (Å²) >= 11 is 0. The van der Waals surface area contributed by atoms with Crippen LogP contribution in [0, 0.1) is 0 Å². The number of amides is 1. The lowest BCUT2D eigenvalue weighted by Crippen LogP contribution is -2.42.